The number of hydrogen-bond donors (Lipinski definition) is 2. The molecule has 3 rings (SSSR count). The zero-order valence-electron chi connectivity index (χ0n) is 20.0. The summed E-state index contributed by atoms with van der Waals surface area (Å²) >= 11 is 1.32. The van der Waals surface area contributed by atoms with Crippen LogP contribution in [0, 0.1) is 26.7 Å². The van der Waals surface area contributed by atoms with E-state index in [1.807, 2.05) is 64.4 Å². The van der Waals surface area contributed by atoms with Crippen molar-refractivity contribution in [3.05, 3.63) is 70.5 Å². The van der Waals surface area contributed by atoms with Crippen molar-refractivity contribution in [1.82, 2.24) is 20.1 Å². The van der Waals surface area contributed by atoms with Gasteiger partial charge in [0.1, 0.15) is 0 Å². The normalized spacial score (nSPS) is 12.0. The third-order valence-electron chi connectivity index (χ3n) is 5.41. The van der Waals surface area contributed by atoms with Gasteiger partial charge in [0, 0.05) is 18.3 Å². The molecule has 1 heterocycles. The van der Waals surface area contributed by atoms with Gasteiger partial charge in [-0.05, 0) is 49.9 Å². The first-order valence-electron chi connectivity index (χ1n) is 10.9. The van der Waals surface area contributed by atoms with Gasteiger partial charge in [0.25, 0.3) is 5.91 Å². The minimum Gasteiger partial charge on any atom is -0.342 e. The second-order valence-electron chi connectivity index (χ2n) is 8.57. The van der Waals surface area contributed by atoms with Crippen molar-refractivity contribution in [2.45, 2.75) is 45.8 Å². The van der Waals surface area contributed by atoms with Gasteiger partial charge in [-0.25, -0.2) is 0 Å². The summed E-state index contributed by atoms with van der Waals surface area (Å²) in [6, 6.07) is 12.9. The fraction of sp³-hybridized carbons (Fsp3) is 0.360. The van der Waals surface area contributed by atoms with Gasteiger partial charge in [-0.2, -0.15) is 0 Å². The number of aryl methyl sites for hydroxylation is 3. The molecule has 2 aromatic carbocycles. The smallest absolute Gasteiger partial charge is 0.251 e. The lowest BCUT2D eigenvalue weighted by Crippen LogP contribution is -2.33. The van der Waals surface area contributed by atoms with Crippen LogP contribution in [0.3, 0.4) is 0 Å². The predicted molar refractivity (Wildman–Crippen MR) is 132 cm³/mol. The van der Waals surface area contributed by atoms with E-state index in [1.54, 1.807) is 12.1 Å². The number of nitrogens with one attached hydrogen (secondary N) is 2. The highest BCUT2D eigenvalue weighted by molar-refractivity contribution is 7.99. The Morgan fingerprint density at radius 2 is 1.67 bits per heavy atom. The van der Waals surface area contributed by atoms with Crippen molar-refractivity contribution >= 4 is 29.3 Å². The third kappa shape index (κ3) is 6.01. The molecule has 174 valence electrons. The number of amides is 2. The first-order valence-corrected chi connectivity index (χ1v) is 11.9. The van der Waals surface area contributed by atoms with E-state index in [0.717, 1.165) is 16.8 Å². The molecular formula is C25H31N5O2S. The molecular weight excluding hydrogens is 434 g/mol. The van der Waals surface area contributed by atoms with E-state index in [2.05, 4.69) is 33.0 Å². The van der Waals surface area contributed by atoms with E-state index < -0.39 is 0 Å². The number of carbonyl (C=O) groups excluding carboxylic acids is 2. The Labute approximate surface area is 199 Å². The van der Waals surface area contributed by atoms with Gasteiger partial charge in [0.05, 0.1) is 11.8 Å². The maximum Gasteiger partial charge on any atom is 0.251 e. The van der Waals surface area contributed by atoms with Crippen LogP contribution in [0.5, 0.6) is 0 Å². The Kier molecular flexibility index (Phi) is 7.92. The summed E-state index contributed by atoms with van der Waals surface area (Å²) in [4.78, 5) is 25.3. The molecule has 0 aliphatic heterocycles. The summed E-state index contributed by atoms with van der Waals surface area (Å²) in [7, 11) is 1.86. The fourth-order valence-electron chi connectivity index (χ4n) is 3.75. The lowest BCUT2D eigenvalue weighted by Gasteiger charge is -2.21. The lowest BCUT2D eigenvalue weighted by molar-refractivity contribution is -0.113. The SMILES string of the molecule is Cc1cc(C)c(NC(=O)CSc2nnc([C@H](NC(=O)c3ccccc3)C(C)C)n2C)c(C)c1. The van der Waals surface area contributed by atoms with Crippen molar-refractivity contribution in [1.29, 1.82) is 0 Å². The Hall–Kier alpha value is -3.13. The second-order valence-corrected chi connectivity index (χ2v) is 9.51. The third-order valence-corrected chi connectivity index (χ3v) is 6.43. The Morgan fingerprint density at radius 3 is 2.27 bits per heavy atom. The number of thioether (sulfide) groups is 1. The van der Waals surface area contributed by atoms with Gasteiger partial charge in [0.2, 0.25) is 5.91 Å². The van der Waals surface area contributed by atoms with Gasteiger partial charge >= 0.3 is 0 Å². The van der Waals surface area contributed by atoms with Crippen LogP contribution in [0.1, 0.15) is 52.8 Å². The summed E-state index contributed by atoms with van der Waals surface area (Å²) in [6.45, 7) is 10.1. The Morgan fingerprint density at radius 1 is 1.03 bits per heavy atom. The summed E-state index contributed by atoms with van der Waals surface area (Å²) in [5.74, 6) is 0.713. The van der Waals surface area contributed by atoms with E-state index in [9.17, 15) is 9.59 Å². The Balaban J connectivity index is 1.68. The van der Waals surface area contributed by atoms with E-state index in [4.69, 9.17) is 0 Å². The number of nitrogens with zero attached hydrogens (tertiary/aromatic N) is 3. The molecule has 0 bridgehead atoms. The van der Waals surface area contributed by atoms with Crippen LogP contribution in [-0.4, -0.2) is 32.3 Å². The number of hydrogen-bond acceptors (Lipinski definition) is 5. The van der Waals surface area contributed by atoms with Crippen LogP contribution in [0.2, 0.25) is 0 Å². The quantitative estimate of drug-likeness (QED) is 0.475. The van der Waals surface area contributed by atoms with Crippen LogP contribution >= 0.6 is 11.8 Å². The molecule has 7 nitrogen and oxygen atoms in total. The van der Waals surface area contributed by atoms with Crippen LogP contribution in [0.4, 0.5) is 5.69 Å². The molecule has 0 aliphatic rings. The van der Waals surface area contributed by atoms with Crippen molar-refractivity contribution < 1.29 is 9.59 Å². The van der Waals surface area contributed by atoms with Crippen LogP contribution in [0.25, 0.3) is 0 Å². The maximum atomic E-state index is 12.7. The number of benzene rings is 2. The molecule has 0 radical (unpaired) electrons. The molecule has 0 aliphatic carbocycles. The van der Waals surface area contributed by atoms with E-state index in [-0.39, 0.29) is 29.5 Å². The molecule has 3 aromatic rings. The molecule has 8 heteroatoms. The number of anilines is 1. The monoisotopic (exact) mass is 465 g/mol. The van der Waals surface area contributed by atoms with Crippen molar-refractivity contribution in [3.8, 4) is 0 Å². The van der Waals surface area contributed by atoms with Gasteiger partial charge in [-0.1, -0.05) is 61.5 Å². The van der Waals surface area contributed by atoms with Crippen LogP contribution in [-0.2, 0) is 11.8 Å². The van der Waals surface area contributed by atoms with Crippen molar-refractivity contribution in [2.75, 3.05) is 11.1 Å². The molecule has 0 saturated heterocycles. The van der Waals surface area contributed by atoms with Gasteiger partial charge in [-0.15, -0.1) is 10.2 Å². The topological polar surface area (TPSA) is 88.9 Å². The van der Waals surface area contributed by atoms with Gasteiger partial charge < -0.3 is 15.2 Å². The highest BCUT2D eigenvalue weighted by atomic mass is 32.2. The zero-order chi connectivity index (χ0) is 24.1. The van der Waals surface area contributed by atoms with Crippen molar-refractivity contribution in [2.24, 2.45) is 13.0 Å². The fourth-order valence-corrected chi connectivity index (χ4v) is 4.47. The average Bonchev–Trinajstić information content (AvgIpc) is 3.13. The lowest BCUT2D eigenvalue weighted by atomic mass is 10.0. The van der Waals surface area contributed by atoms with Gasteiger partial charge in [0.15, 0.2) is 11.0 Å². The second kappa shape index (κ2) is 10.7. The summed E-state index contributed by atoms with van der Waals surface area (Å²) in [5.41, 5.74) is 4.70. The van der Waals surface area contributed by atoms with Crippen molar-refractivity contribution in [3.63, 3.8) is 0 Å². The first kappa shape index (κ1) is 24.5. The van der Waals surface area contributed by atoms with E-state index in [0.29, 0.717) is 16.5 Å². The molecule has 2 N–H and O–H groups in total. The summed E-state index contributed by atoms with van der Waals surface area (Å²) in [6.07, 6.45) is 0. The highest BCUT2D eigenvalue weighted by Gasteiger charge is 2.25. The molecule has 0 unspecified atom stereocenters. The predicted octanol–water partition coefficient (Wildman–Crippen LogP) is 4.60. The number of aromatic nitrogens is 3. The summed E-state index contributed by atoms with van der Waals surface area (Å²) < 4.78 is 1.84. The van der Waals surface area contributed by atoms with Crippen LogP contribution < -0.4 is 10.6 Å². The van der Waals surface area contributed by atoms with Crippen LogP contribution in [0.15, 0.2) is 47.6 Å². The molecule has 0 fully saturated rings. The van der Waals surface area contributed by atoms with E-state index >= 15 is 0 Å². The minimum absolute atomic E-state index is 0.0996. The molecule has 2 amide bonds. The molecule has 33 heavy (non-hydrogen) atoms. The first-order chi connectivity index (χ1) is 15.7. The number of carbonyl (C=O) groups is 2. The van der Waals surface area contributed by atoms with Gasteiger partial charge in [-0.3, -0.25) is 9.59 Å². The largest absolute Gasteiger partial charge is 0.342 e. The molecule has 1 aromatic heterocycles. The molecule has 1 atom stereocenters. The molecule has 0 spiro atoms. The standard InChI is InChI=1S/C25H31N5O2S/c1-15(2)21(27-24(32)19-10-8-7-9-11-19)23-28-29-25(30(23)6)33-14-20(31)26-22-17(4)12-16(3)13-18(22)5/h7-13,15,21H,14H2,1-6H3,(H,26,31)(H,27,32)/t21-/m1/s1. The highest BCUT2D eigenvalue weighted by Crippen LogP contribution is 2.26. The van der Waals surface area contributed by atoms with E-state index in [1.165, 1.54) is 17.3 Å². The minimum atomic E-state index is -0.309. The maximum absolute atomic E-state index is 12.7. The Bertz CT molecular complexity index is 1120. The molecule has 0 saturated carbocycles. The average molecular weight is 466 g/mol. The zero-order valence-corrected chi connectivity index (χ0v) is 20.8. The summed E-state index contributed by atoms with van der Waals surface area (Å²) in [5, 5.41) is 15.3. The number of rotatable bonds is 8.